The molecular weight excluding hydrogens is 218 g/mol. The first-order valence-corrected chi connectivity index (χ1v) is 5.68. The number of aliphatic hydroxyl groups is 1. The minimum absolute atomic E-state index is 0.0803. The summed E-state index contributed by atoms with van der Waals surface area (Å²) >= 11 is 0. The molecule has 1 amide bonds. The molecule has 0 aromatic carbocycles. The lowest BCUT2D eigenvalue weighted by atomic mass is 10.1. The Morgan fingerprint density at radius 2 is 2.35 bits per heavy atom. The van der Waals surface area contributed by atoms with Crippen molar-refractivity contribution >= 4 is 5.91 Å². The van der Waals surface area contributed by atoms with E-state index in [4.69, 9.17) is 0 Å². The highest BCUT2D eigenvalue weighted by Crippen LogP contribution is 2.12. The van der Waals surface area contributed by atoms with Gasteiger partial charge in [0.25, 0.3) is 5.91 Å². The second kappa shape index (κ2) is 4.81. The number of nitrogens with one attached hydrogen (secondary N) is 1. The summed E-state index contributed by atoms with van der Waals surface area (Å²) in [5.74, 6) is -0.0803. The lowest BCUT2D eigenvalue weighted by molar-refractivity contribution is 0.0581. The number of nitrogens with zero attached hydrogens (tertiary/aromatic N) is 2. The largest absolute Gasteiger partial charge is 0.390 e. The zero-order valence-electron chi connectivity index (χ0n) is 10.1. The summed E-state index contributed by atoms with van der Waals surface area (Å²) in [6.45, 7) is 3.02. The van der Waals surface area contributed by atoms with Crippen molar-refractivity contribution in [1.29, 1.82) is 0 Å². The van der Waals surface area contributed by atoms with Gasteiger partial charge < -0.3 is 15.3 Å². The molecule has 0 bridgehead atoms. The number of rotatable bonds is 2. The molecule has 2 atom stereocenters. The van der Waals surface area contributed by atoms with Crippen molar-refractivity contribution in [3.8, 4) is 0 Å². The molecule has 1 fully saturated rings. The van der Waals surface area contributed by atoms with Gasteiger partial charge in [-0.05, 0) is 19.1 Å². The molecule has 1 aliphatic rings. The van der Waals surface area contributed by atoms with Crippen LogP contribution in [-0.4, -0.2) is 53.2 Å². The van der Waals surface area contributed by atoms with E-state index in [1.54, 1.807) is 30.3 Å². The number of pyridine rings is 1. The highest BCUT2D eigenvalue weighted by Gasteiger charge is 2.31. The van der Waals surface area contributed by atoms with Crippen LogP contribution in [0.25, 0.3) is 0 Å². The Kier molecular flexibility index (Phi) is 3.40. The second-order valence-electron chi connectivity index (χ2n) is 4.39. The molecule has 1 aromatic rings. The zero-order valence-corrected chi connectivity index (χ0v) is 10.1. The molecule has 5 nitrogen and oxygen atoms in total. The molecule has 2 heterocycles. The summed E-state index contributed by atoms with van der Waals surface area (Å²) < 4.78 is 0. The quantitative estimate of drug-likeness (QED) is 0.745. The summed E-state index contributed by atoms with van der Waals surface area (Å²) in [6.07, 6.45) is 1.13. The van der Waals surface area contributed by atoms with E-state index in [1.165, 1.54) is 0 Å². The molecule has 0 aliphatic carbocycles. The number of likely N-dealkylation sites (N-methyl/N-ethyl adjacent to an activating group) is 1. The number of aromatic nitrogens is 1. The molecule has 0 radical (unpaired) electrons. The number of aryl methyl sites for hydroxylation is 1. The molecule has 1 saturated heterocycles. The third-order valence-electron chi connectivity index (χ3n) is 3.11. The Morgan fingerprint density at radius 1 is 1.59 bits per heavy atom. The van der Waals surface area contributed by atoms with Gasteiger partial charge >= 0.3 is 0 Å². The minimum atomic E-state index is -0.494. The van der Waals surface area contributed by atoms with Crippen molar-refractivity contribution < 1.29 is 9.90 Å². The van der Waals surface area contributed by atoms with E-state index in [9.17, 15) is 9.90 Å². The highest BCUT2D eigenvalue weighted by atomic mass is 16.3. The first kappa shape index (κ1) is 12.0. The van der Waals surface area contributed by atoms with Crippen molar-refractivity contribution in [2.24, 2.45) is 0 Å². The molecule has 2 rings (SSSR count). The van der Waals surface area contributed by atoms with Crippen LogP contribution in [0.1, 0.15) is 16.1 Å². The molecule has 92 valence electrons. The summed E-state index contributed by atoms with van der Waals surface area (Å²) in [7, 11) is 1.72. The van der Waals surface area contributed by atoms with Crippen LogP contribution in [0.15, 0.2) is 18.3 Å². The number of carbonyl (C=O) groups excluding carboxylic acids is 1. The predicted octanol–water partition coefficient (Wildman–Crippen LogP) is -0.205. The van der Waals surface area contributed by atoms with E-state index in [0.29, 0.717) is 18.7 Å². The molecule has 0 spiro atoms. The average Bonchev–Trinajstić information content (AvgIpc) is 2.73. The van der Waals surface area contributed by atoms with E-state index in [2.05, 4.69) is 10.3 Å². The van der Waals surface area contributed by atoms with E-state index in [1.807, 2.05) is 6.92 Å². The topological polar surface area (TPSA) is 65.5 Å². The maximum atomic E-state index is 12.2. The van der Waals surface area contributed by atoms with Gasteiger partial charge in [-0.15, -0.1) is 0 Å². The van der Waals surface area contributed by atoms with E-state index < -0.39 is 6.10 Å². The molecular formula is C12H17N3O2. The normalized spacial score (nSPS) is 23.7. The van der Waals surface area contributed by atoms with Gasteiger partial charge in [0.15, 0.2) is 0 Å². The number of β-amino-alcohol motifs (C(OH)–C–C–N with tert-alkyl or cyclic N) is 1. The van der Waals surface area contributed by atoms with Gasteiger partial charge in [0.1, 0.15) is 0 Å². The minimum Gasteiger partial charge on any atom is -0.390 e. The van der Waals surface area contributed by atoms with Crippen LogP contribution in [0.4, 0.5) is 0 Å². The van der Waals surface area contributed by atoms with Crippen molar-refractivity contribution in [1.82, 2.24) is 15.2 Å². The highest BCUT2D eigenvalue weighted by molar-refractivity contribution is 5.94. The summed E-state index contributed by atoms with van der Waals surface area (Å²) in [4.78, 5) is 17.8. The smallest absolute Gasteiger partial charge is 0.254 e. The van der Waals surface area contributed by atoms with E-state index in [-0.39, 0.29) is 11.9 Å². The third-order valence-corrected chi connectivity index (χ3v) is 3.11. The van der Waals surface area contributed by atoms with E-state index in [0.717, 1.165) is 5.69 Å². The van der Waals surface area contributed by atoms with Crippen LogP contribution >= 0.6 is 0 Å². The van der Waals surface area contributed by atoms with Crippen molar-refractivity contribution in [2.75, 3.05) is 20.1 Å². The van der Waals surface area contributed by atoms with E-state index >= 15 is 0 Å². The maximum Gasteiger partial charge on any atom is 0.254 e. The van der Waals surface area contributed by atoms with Gasteiger partial charge in [0, 0.05) is 37.6 Å². The number of aliphatic hydroxyl groups excluding tert-OH is 1. The fourth-order valence-electron chi connectivity index (χ4n) is 2.08. The van der Waals surface area contributed by atoms with Crippen LogP contribution < -0.4 is 5.32 Å². The zero-order chi connectivity index (χ0) is 12.4. The fraction of sp³-hybridized carbons (Fsp3) is 0.500. The van der Waals surface area contributed by atoms with Crippen LogP contribution in [0, 0.1) is 6.92 Å². The second-order valence-corrected chi connectivity index (χ2v) is 4.39. The van der Waals surface area contributed by atoms with Gasteiger partial charge in [-0.2, -0.15) is 0 Å². The Morgan fingerprint density at radius 3 is 2.94 bits per heavy atom. The predicted molar refractivity (Wildman–Crippen MR) is 63.7 cm³/mol. The Bertz CT molecular complexity index is 422. The summed E-state index contributed by atoms with van der Waals surface area (Å²) in [5.41, 5.74) is 1.42. The number of hydrogen-bond donors (Lipinski definition) is 2. The van der Waals surface area contributed by atoms with Crippen LogP contribution in [0.3, 0.4) is 0 Å². The van der Waals surface area contributed by atoms with Crippen molar-refractivity contribution in [2.45, 2.75) is 19.1 Å². The molecule has 0 saturated carbocycles. The Balaban J connectivity index is 2.14. The first-order chi connectivity index (χ1) is 8.09. The summed E-state index contributed by atoms with van der Waals surface area (Å²) in [5, 5.41) is 12.8. The SMILES string of the molecule is Cc1cc(C(=O)N(C)[C@@H]2CNC[C@H]2O)ccn1. The summed E-state index contributed by atoms with van der Waals surface area (Å²) in [6, 6.07) is 3.30. The van der Waals surface area contributed by atoms with Crippen LogP contribution in [0.2, 0.25) is 0 Å². The molecule has 2 N–H and O–H groups in total. The molecule has 1 aliphatic heterocycles. The molecule has 1 aromatic heterocycles. The van der Waals surface area contributed by atoms with Crippen LogP contribution in [0.5, 0.6) is 0 Å². The monoisotopic (exact) mass is 235 g/mol. The maximum absolute atomic E-state index is 12.2. The third kappa shape index (κ3) is 2.45. The number of amides is 1. The fourth-order valence-corrected chi connectivity index (χ4v) is 2.08. The Hall–Kier alpha value is -1.46. The lowest BCUT2D eigenvalue weighted by Gasteiger charge is -2.26. The van der Waals surface area contributed by atoms with Crippen molar-refractivity contribution in [3.05, 3.63) is 29.6 Å². The van der Waals surface area contributed by atoms with Gasteiger partial charge in [0.05, 0.1) is 12.1 Å². The molecule has 5 heteroatoms. The Labute approximate surface area is 100 Å². The number of carbonyl (C=O) groups is 1. The standard InChI is InChI=1S/C12H17N3O2/c1-8-5-9(3-4-14-8)12(17)15(2)10-6-13-7-11(10)16/h3-5,10-11,13,16H,6-7H2,1-2H3/t10-,11-/m1/s1. The first-order valence-electron chi connectivity index (χ1n) is 5.68. The molecule has 17 heavy (non-hydrogen) atoms. The average molecular weight is 235 g/mol. The van der Waals surface area contributed by atoms with Gasteiger partial charge in [-0.1, -0.05) is 0 Å². The van der Waals surface area contributed by atoms with Gasteiger partial charge in [0.2, 0.25) is 0 Å². The lowest BCUT2D eigenvalue weighted by Crippen LogP contribution is -2.44. The van der Waals surface area contributed by atoms with Crippen molar-refractivity contribution in [3.63, 3.8) is 0 Å². The van der Waals surface area contributed by atoms with Gasteiger partial charge in [-0.3, -0.25) is 9.78 Å². The number of hydrogen-bond acceptors (Lipinski definition) is 4. The molecule has 0 unspecified atom stereocenters. The van der Waals surface area contributed by atoms with Crippen LogP contribution in [-0.2, 0) is 0 Å². The van der Waals surface area contributed by atoms with Gasteiger partial charge in [-0.25, -0.2) is 0 Å².